The largest absolute Gasteiger partial charge is 0.461 e. The molecule has 1 aromatic heterocycles. The Balaban J connectivity index is 2.44. The predicted octanol–water partition coefficient (Wildman–Crippen LogP) is 2.26. The third-order valence-corrected chi connectivity index (χ3v) is 3.02. The van der Waals surface area contributed by atoms with Gasteiger partial charge in [-0.05, 0) is 41.6 Å². The molecule has 0 atom stereocenters. The van der Waals surface area contributed by atoms with Crippen LogP contribution in [0.3, 0.4) is 0 Å². The van der Waals surface area contributed by atoms with Gasteiger partial charge in [-0.2, -0.15) is 9.90 Å². The molecule has 0 bridgehead atoms. The molecule has 5 nitrogen and oxygen atoms in total. The first-order valence-electron chi connectivity index (χ1n) is 5.46. The molecule has 0 spiro atoms. The molecule has 1 aromatic carbocycles. The Hall–Kier alpha value is -1.44. The van der Waals surface area contributed by atoms with Crippen molar-refractivity contribution in [2.75, 3.05) is 6.61 Å². The van der Waals surface area contributed by atoms with Gasteiger partial charge in [0.1, 0.15) is 5.69 Å². The fourth-order valence-corrected chi connectivity index (χ4v) is 1.91. The van der Waals surface area contributed by atoms with Crippen LogP contribution in [0.2, 0.25) is 0 Å². The van der Waals surface area contributed by atoms with Gasteiger partial charge in [0.2, 0.25) is 0 Å². The molecule has 0 saturated heterocycles. The van der Waals surface area contributed by atoms with E-state index in [2.05, 4.69) is 32.8 Å². The van der Waals surface area contributed by atoms with Crippen LogP contribution in [0.5, 0.6) is 0 Å². The molecule has 0 fully saturated rings. The Morgan fingerprint density at radius 2 is 2.00 bits per heavy atom. The van der Waals surface area contributed by atoms with Crippen molar-refractivity contribution in [3.8, 4) is 11.3 Å². The maximum atomic E-state index is 11.8. The number of benzene rings is 1. The van der Waals surface area contributed by atoms with Crippen molar-refractivity contribution in [3.63, 3.8) is 0 Å². The number of aryl methyl sites for hydroxylation is 1. The zero-order valence-corrected chi connectivity index (χ0v) is 12.2. The van der Waals surface area contributed by atoms with Crippen molar-refractivity contribution in [2.45, 2.75) is 6.92 Å². The number of hydrogen-bond acceptors (Lipinski definition) is 4. The molecule has 0 saturated carbocycles. The van der Waals surface area contributed by atoms with Crippen LogP contribution < -0.4 is 0 Å². The first-order valence-corrected chi connectivity index (χ1v) is 6.54. The monoisotopic (exact) mass is 357 g/mol. The molecule has 1 heterocycles. The van der Waals surface area contributed by atoms with Crippen LogP contribution in [-0.2, 0) is 11.8 Å². The maximum absolute atomic E-state index is 11.8. The zero-order chi connectivity index (χ0) is 13.1. The van der Waals surface area contributed by atoms with E-state index in [1.165, 1.54) is 4.80 Å². The first-order chi connectivity index (χ1) is 8.61. The SMILES string of the molecule is CCOC(=O)c1nn(C)nc1-c1ccc(I)cc1. The van der Waals surface area contributed by atoms with Crippen molar-refractivity contribution in [2.24, 2.45) is 7.05 Å². The standard InChI is InChI=1S/C12H12IN3O2/c1-3-18-12(17)11-10(14-16(2)15-11)8-4-6-9(13)7-5-8/h4-7H,3H2,1-2H3. The van der Waals surface area contributed by atoms with Gasteiger partial charge in [0, 0.05) is 16.2 Å². The maximum Gasteiger partial charge on any atom is 0.361 e. The van der Waals surface area contributed by atoms with E-state index in [-0.39, 0.29) is 5.69 Å². The van der Waals surface area contributed by atoms with Gasteiger partial charge in [0.25, 0.3) is 0 Å². The van der Waals surface area contributed by atoms with Gasteiger partial charge in [0.05, 0.1) is 6.61 Å². The van der Waals surface area contributed by atoms with Crippen molar-refractivity contribution in [1.82, 2.24) is 15.0 Å². The van der Waals surface area contributed by atoms with Crippen molar-refractivity contribution in [1.29, 1.82) is 0 Å². The molecule has 2 rings (SSSR count). The summed E-state index contributed by atoms with van der Waals surface area (Å²) in [7, 11) is 1.68. The summed E-state index contributed by atoms with van der Waals surface area (Å²) in [5.74, 6) is -0.445. The summed E-state index contributed by atoms with van der Waals surface area (Å²) in [4.78, 5) is 13.2. The molecule has 0 aliphatic rings. The molecule has 0 N–H and O–H groups in total. The summed E-state index contributed by atoms with van der Waals surface area (Å²) in [6, 6.07) is 7.74. The second-order valence-electron chi connectivity index (χ2n) is 3.61. The highest BCUT2D eigenvalue weighted by atomic mass is 127. The summed E-state index contributed by atoms with van der Waals surface area (Å²) in [5, 5.41) is 8.27. The minimum absolute atomic E-state index is 0.251. The highest BCUT2D eigenvalue weighted by Crippen LogP contribution is 2.21. The highest BCUT2D eigenvalue weighted by Gasteiger charge is 2.20. The Morgan fingerprint density at radius 1 is 1.33 bits per heavy atom. The molecule has 0 radical (unpaired) electrons. The Morgan fingerprint density at radius 3 is 2.61 bits per heavy atom. The molecule has 18 heavy (non-hydrogen) atoms. The number of carbonyl (C=O) groups is 1. The van der Waals surface area contributed by atoms with E-state index in [4.69, 9.17) is 4.74 Å². The number of aromatic nitrogens is 3. The number of halogens is 1. The predicted molar refractivity (Wildman–Crippen MR) is 75.1 cm³/mol. The Labute approximate surface area is 118 Å². The van der Waals surface area contributed by atoms with Gasteiger partial charge < -0.3 is 4.74 Å². The summed E-state index contributed by atoms with van der Waals surface area (Å²) in [6.07, 6.45) is 0. The van der Waals surface area contributed by atoms with E-state index in [1.807, 2.05) is 24.3 Å². The second-order valence-corrected chi connectivity index (χ2v) is 4.86. The number of esters is 1. The van der Waals surface area contributed by atoms with Crippen molar-refractivity contribution in [3.05, 3.63) is 33.5 Å². The summed E-state index contributed by atoms with van der Waals surface area (Å²) in [6.45, 7) is 2.08. The lowest BCUT2D eigenvalue weighted by Gasteiger charge is -2.01. The lowest BCUT2D eigenvalue weighted by Crippen LogP contribution is -2.07. The summed E-state index contributed by atoms with van der Waals surface area (Å²) < 4.78 is 6.09. The van der Waals surface area contributed by atoms with Crippen LogP contribution in [-0.4, -0.2) is 27.6 Å². The fraction of sp³-hybridized carbons (Fsp3) is 0.250. The molecule has 94 valence electrons. The van der Waals surface area contributed by atoms with Crippen LogP contribution in [0.15, 0.2) is 24.3 Å². The summed E-state index contributed by atoms with van der Waals surface area (Å²) in [5.41, 5.74) is 1.65. The van der Waals surface area contributed by atoms with Crippen LogP contribution in [0, 0.1) is 3.57 Å². The molecular weight excluding hydrogens is 345 g/mol. The lowest BCUT2D eigenvalue weighted by molar-refractivity contribution is 0.0519. The number of hydrogen-bond donors (Lipinski definition) is 0. The minimum atomic E-state index is -0.445. The smallest absolute Gasteiger partial charge is 0.361 e. The number of rotatable bonds is 3. The second kappa shape index (κ2) is 5.47. The van der Waals surface area contributed by atoms with E-state index in [0.717, 1.165) is 9.13 Å². The first kappa shape index (κ1) is 13.0. The molecule has 0 aliphatic heterocycles. The lowest BCUT2D eigenvalue weighted by atomic mass is 10.1. The number of nitrogens with zero attached hydrogens (tertiary/aromatic N) is 3. The van der Waals surface area contributed by atoms with Gasteiger partial charge >= 0.3 is 5.97 Å². The average Bonchev–Trinajstić information content (AvgIpc) is 2.73. The molecule has 0 unspecified atom stereocenters. The third-order valence-electron chi connectivity index (χ3n) is 2.30. The normalized spacial score (nSPS) is 10.4. The van der Waals surface area contributed by atoms with E-state index in [1.54, 1.807) is 14.0 Å². The molecule has 0 aliphatic carbocycles. The van der Waals surface area contributed by atoms with Crippen LogP contribution >= 0.6 is 22.6 Å². The molecular formula is C12H12IN3O2. The molecule has 6 heteroatoms. The van der Waals surface area contributed by atoms with E-state index in [0.29, 0.717) is 12.3 Å². The average molecular weight is 357 g/mol. The highest BCUT2D eigenvalue weighted by molar-refractivity contribution is 14.1. The van der Waals surface area contributed by atoms with Gasteiger partial charge in [-0.1, -0.05) is 12.1 Å². The van der Waals surface area contributed by atoms with E-state index >= 15 is 0 Å². The van der Waals surface area contributed by atoms with Crippen molar-refractivity contribution >= 4 is 28.6 Å². The number of ether oxygens (including phenoxy) is 1. The van der Waals surface area contributed by atoms with Gasteiger partial charge in [-0.3, -0.25) is 0 Å². The van der Waals surface area contributed by atoms with E-state index < -0.39 is 5.97 Å². The molecule has 0 amide bonds. The number of carbonyl (C=O) groups excluding carboxylic acids is 1. The topological polar surface area (TPSA) is 57.0 Å². The zero-order valence-electron chi connectivity index (χ0n) is 10.1. The van der Waals surface area contributed by atoms with E-state index in [9.17, 15) is 4.79 Å². The Bertz CT molecular complexity index is 563. The third kappa shape index (κ3) is 2.69. The van der Waals surface area contributed by atoms with Crippen LogP contribution in [0.4, 0.5) is 0 Å². The van der Waals surface area contributed by atoms with Crippen LogP contribution in [0.25, 0.3) is 11.3 Å². The Kier molecular flexibility index (Phi) is 3.95. The van der Waals surface area contributed by atoms with Crippen molar-refractivity contribution < 1.29 is 9.53 Å². The minimum Gasteiger partial charge on any atom is -0.461 e. The van der Waals surface area contributed by atoms with Gasteiger partial charge in [-0.25, -0.2) is 4.79 Å². The quantitative estimate of drug-likeness (QED) is 0.625. The van der Waals surface area contributed by atoms with Gasteiger partial charge in [-0.15, -0.1) is 5.10 Å². The fourth-order valence-electron chi connectivity index (χ4n) is 1.55. The van der Waals surface area contributed by atoms with Gasteiger partial charge in [0.15, 0.2) is 5.69 Å². The molecule has 2 aromatic rings. The van der Waals surface area contributed by atoms with Crippen LogP contribution in [0.1, 0.15) is 17.4 Å². The summed E-state index contributed by atoms with van der Waals surface area (Å²) >= 11 is 2.22.